The van der Waals surface area contributed by atoms with Gasteiger partial charge >= 0.3 is 0 Å². The second-order valence-electron chi connectivity index (χ2n) is 5.32. The first-order valence-corrected chi connectivity index (χ1v) is 6.95. The van der Waals surface area contributed by atoms with Crippen molar-refractivity contribution in [3.63, 3.8) is 0 Å². The van der Waals surface area contributed by atoms with Gasteiger partial charge in [-0.1, -0.05) is 0 Å². The van der Waals surface area contributed by atoms with Crippen LogP contribution in [0, 0.1) is 0 Å². The first-order chi connectivity index (χ1) is 9.74. The molecule has 0 atom stereocenters. The summed E-state index contributed by atoms with van der Waals surface area (Å²) in [5, 5.41) is 15.1. The molecule has 108 valence electrons. The zero-order valence-electron chi connectivity index (χ0n) is 11.9. The molecule has 0 unspecified atom stereocenters. The Kier molecular flexibility index (Phi) is 3.64. The molecule has 0 spiro atoms. The number of rotatable bonds is 4. The van der Waals surface area contributed by atoms with Gasteiger partial charge in [-0.25, -0.2) is 5.10 Å². The Balaban J connectivity index is 1.57. The first-order valence-electron chi connectivity index (χ1n) is 6.95. The van der Waals surface area contributed by atoms with E-state index < -0.39 is 0 Å². The van der Waals surface area contributed by atoms with Gasteiger partial charge in [-0.15, -0.1) is 10.2 Å². The third-order valence-corrected chi connectivity index (χ3v) is 3.64. The predicted octanol–water partition coefficient (Wildman–Crippen LogP) is 0.299. The minimum Gasteiger partial charge on any atom is -0.339 e. The smallest absolute Gasteiger partial charge is 0.221 e. The molecule has 1 aliphatic rings. The molecule has 3 heterocycles. The maximum Gasteiger partial charge on any atom is 0.221 e. The zero-order valence-corrected chi connectivity index (χ0v) is 11.9. The van der Waals surface area contributed by atoms with Gasteiger partial charge in [0.15, 0.2) is 0 Å². The van der Waals surface area contributed by atoms with Gasteiger partial charge in [0.05, 0.1) is 6.54 Å². The number of H-pyrrole nitrogens is 1. The van der Waals surface area contributed by atoms with E-state index in [1.54, 1.807) is 6.33 Å². The van der Waals surface area contributed by atoms with Crippen molar-refractivity contribution in [2.24, 2.45) is 0 Å². The van der Waals surface area contributed by atoms with Crippen molar-refractivity contribution in [3.8, 4) is 0 Å². The molecule has 0 radical (unpaired) electrons. The number of anilines is 1. The van der Waals surface area contributed by atoms with Crippen LogP contribution in [0.15, 0.2) is 12.7 Å². The molecular weight excluding hydrogens is 256 g/mol. The molecule has 20 heavy (non-hydrogen) atoms. The average Bonchev–Trinajstić information content (AvgIpc) is 3.10. The average molecular weight is 276 g/mol. The van der Waals surface area contributed by atoms with Crippen molar-refractivity contribution in [1.82, 2.24) is 34.8 Å². The highest BCUT2D eigenvalue weighted by Crippen LogP contribution is 2.13. The molecule has 0 saturated carbocycles. The number of aromatic nitrogens is 6. The standard InChI is InChI=1S/C12H20N8/c1-10(2)20-9-15-16-11(20)7-18-3-5-19(6-4-18)12-13-8-14-17-12/h8-10H,3-7H2,1-2H3,(H,13,14,17). The van der Waals surface area contributed by atoms with E-state index in [0.717, 1.165) is 44.5 Å². The minimum atomic E-state index is 0.399. The van der Waals surface area contributed by atoms with Crippen molar-refractivity contribution in [1.29, 1.82) is 0 Å². The highest BCUT2D eigenvalue weighted by molar-refractivity contribution is 5.27. The molecule has 2 aromatic rings. The van der Waals surface area contributed by atoms with Crippen LogP contribution in [0.25, 0.3) is 0 Å². The quantitative estimate of drug-likeness (QED) is 0.865. The van der Waals surface area contributed by atoms with Crippen LogP contribution in [-0.4, -0.2) is 61.0 Å². The minimum absolute atomic E-state index is 0.399. The molecule has 0 amide bonds. The summed E-state index contributed by atoms with van der Waals surface area (Å²) >= 11 is 0. The van der Waals surface area contributed by atoms with Gasteiger partial charge in [-0.2, -0.15) is 10.1 Å². The summed E-state index contributed by atoms with van der Waals surface area (Å²) in [6, 6.07) is 0.399. The highest BCUT2D eigenvalue weighted by Gasteiger charge is 2.20. The Morgan fingerprint density at radius 3 is 2.70 bits per heavy atom. The predicted molar refractivity (Wildman–Crippen MR) is 74.3 cm³/mol. The molecule has 3 rings (SSSR count). The van der Waals surface area contributed by atoms with Gasteiger partial charge in [0, 0.05) is 32.2 Å². The number of aromatic amines is 1. The van der Waals surface area contributed by atoms with Gasteiger partial charge < -0.3 is 9.47 Å². The number of nitrogens with one attached hydrogen (secondary N) is 1. The van der Waals surface area contributed by atoms with E-state index in [4.69, 9.17) is 0 Å². The lowest BCUT2D eigenvalue weighted by Crippen LogP contribution is -2.46. The maximum absolute atomic E-state index is 4.23. The van der Waals surface area contributed by atoms with E-state index in [0.29, 0.717) is 6.04 Å². The summed E-state index contributed by atoms with van der Waals surface area (Å²) in [6.07, 6.45) is 3.36. The Labute approximate surface area is 117 Å². The molecule has 8 heteroatoms. The van der Waals surface area contributed by atoms with Crippen LogP contribution >= 0.6 is 0 Å². The molecule has 0 aromatic carbocycles. The molecule has 1 fully saturated rings. The molecule has 1 N–H and O–H groups in total. The van der Waals surface area contributed by atoms with Gasteiger partial charge in [-0.05, 0) is 13.8 Å². The van der Waals surface area contributed by atoms with E-state index >= 15 is 0 Å². The molecular formula is C12H20N8. The fourth-order valence-corrected chi connectivity index (χ4v) is 2.48. The zero-order chi connectivity index (χ0) is 13.9. The highest BCUT2D eigenvalue weighted by atomic mass is 15.4. The van der Waals surface area contributed by atoms with Crippen molar-refractivity contribution < 1.29 is 0 Å². The van der Waals surface area contributed by atoms with Crippen LogP contribution in [0.5, 0.6) is 0 Å². The van der Waals surface area contributed by atoms with Crippen LogP contribution in [0.4, 0.5) is 5.95 Å². The summed E-state index contributed by atoms with van der Waals surface area (Å²) in [7, 11) is 0. The molecule has 2 aromatic heterocycles. The lowest BCUT2D eigenvalue weighted by molar-refractivity contribution is 0.238. The first kappa shape index (κ1) is 13.0. The van der Waals surface area contributed by atoms with Crippen LogP contribution < -0.4 is 4.90 Å². The SMILES string of the molecule is CC(C)n1cnnc1CN1CCN(c2ncn[nH]2)CC1. The summed E-state index contributed by atoms with van der Waals surface area (Å²) in [6.45, 7) is 9.03. The largest absolute Gasteiger partial charge is 0.339 e. The van der Waals surface area contributed by atoms with Gasteiger partial charge in [0.25, 0.3) is 0 Å². The molecule has 0 aliphatic carbocycles. The summed E-state index contributed by atoms with van der Waals surface area (Å²) in [4.78, 5) is 8.81. The fourth-order valence-electron chi connectivity index (χ4n) is 2.48. The Morgan fingerprint density at radius 1 is 1.25 bits per heavy atom. The Morgan fingerprint density at radius 2 is 2.05 bits per heavy atom. The van der Waals surface area contributed by atoms with Crippen LogP contribution in [-0.2, 0) is 6.54 Å². The van der Waals surface area contributed by atoms with E-state index in [2.05, 4.69) is 53.6 Å². The normalized spacial score (nSPS) is 17.1. The van der Waals surface area contributed by atoms with E-state index in [1.807, 2.05) is 6.33 Å². The Hall–Kier alpha value is -1.96. The summed E-state index contributed by atoms with van der Waals surface area (Å²) < 4.78 is 2.13. The number of piperazine rings is 1. The van der Waals surface area contributed by atoms with Crippen molar-refractivity contribution in [3.05, 3.63) is 18.5 Å². The number of nitrogens with zero attached hydrogens (tertiary/aromatic N) is 7. The molecule has 1 saturated heterocycles. The lowest BCUT2D eigenvalue weighted by atomic mass is 10.3. The van der Waals surface area contributed by atoms with Crippen molar-refractivity contribution in [2.45, 2.75) is 26.4 Å². The van der Waals surface area contributed by atoms with E-state index in [1.165, 1.54) is 0 Å². The van der Waals surface area contributed by atoms with E-state index in [9.17, 15) is 0 Å². The molecule has 0 bridgehead atoms. The monoisotopic (exact) mass is 276 g/mol. The maximum atomic E-state index is 4.23. The topological polar surface area (TPSA) is 78.8 Å². The van der Waals surface area contributed by atoms with Crippen LogP contribution in [0.3, 0.4) is 0 Å². The third kappa shape index (κ3) is 2.64. The second kappa shape index (κ2) is 5.58. The van der Waals surface area contributed by atoms with Crippen LogP contribution in [0.2, 0.25) is 0 Å². The Bertz CT molecular complexity index is 523. The fraction of sp³-hybridized carbons (Fsp3) is 0.667. The van der Waals surface area contributed by atoms with E-state index in [-0.39, 0.29) is 0 Å². The van der Waals surface area contributed by atoms with Crippen LogP contribution in [0.1, 0.15) is 25.7 Å². The summed E-state index contributed by atoms with van der Waals surface area (Å²) in [5.74, 6) is 1.89. The van der Waals surface area contributed by atoms with Crippen molar-refractivity contribution >= 4 is 5.95 Å². The molecule has 1 aliphatic heterocycles. The van der Waals surface area contributed by atoms with Gasteiger partial charge in [0.1, 0.15) is 18.5 Å². The lowest BCUT2D eigenvalue weighted by Gasteiger charge is -2.34. The van der Waals surface area contributed by atoms with Gasteiger partial charge in [0.2, 0.25) is 5.95 Å². The number of hydrogen-bond donors (Lipinski definition) is 1. The summed E-state index contributed by atoms with van der Waals surface area (Å²) in [5.41, 5.74) is 0. The third-order valence-electron chi connectivity index (χ3n) is 3.64. The number of hydrogen-bond acceptors (Lipinski definition) is 6. The van der Waals surface area contributed by atoms with Crippen molar-refractivity contribution in [2.75, 3.05) is 31.1 Å². The second-order valence-corrected chi connectivity index (χ2v) is 5.32. The van der Waals surface area contributed by atoms with Gasteiger partial charge in [-0.3, -0.25) is 4.90 Å². The molecule has 8 nitrogen and oxygen atoms in total.